The Bertz CT molecular complexity index is 714. The minimum Gasteiger partial charge on any atom is -0.452 e. The van der Waals surface area contributed by atoms with Crippen molar-refractivity contribution in [2.24, 2.45) is 0 Å². The Morgan fingerprint density at radius 2 is 1.68 bits per heavy atom. The van der Waals surface area contributed by atoms with Crippen LogP contribution in [0, 0.1) is 0 Å². The molecule has 1 amide bonds. The van der Waals surface area contributed by atoms with E-state index in [2.05, 4.69) is 5.32 Å². The quantitative estimate of drug-likeness (QED) is 0.730. The maximum absolute atomic E-state index is 12.0. The first-order valence-corrected chi connectivity index (χ1v) is 8.67. The molecule has 2 rings (SSSR count). The Morgan fingerprint density at radius 3 is 2.32 bits per heavy atom. The van der Waals surface area contributed by atoms with Crippen LogP contribution < -0.4 is 5.32 Å². The molecule has 6 heteroatoms. The standard InChI is InChI=1S/C19H19Cl2NO3/c1-13(10-11-14-6-3-2-4-7-14)22-17(23)12-25-19(24)18-15(20)8-5-9-16(18)21/h2-9,13H,10-12H2,1H3,(H,22,23)/t13-/m1/s1. The third-order valence-electron chi connectivity index (χ3n) is 3.62. The monoisotopic (exact) mass is 379 g/mol. The molecule has 1 N–H and O–H groups in total. The van der Waals surface area contributed by atoms with Crippen molar-refractivity contribution in [1.82, 2.24) is 5.32 Å². The highest BCUT2D eigenvalue weighted by molar-refractivity contribution is 6.39. The zero-order valence-electron chi connectivity index (χ0n) is 13.8. The minimum atomic E-state index is -0.720. The SMILES string of the molecule is C[C@H](CCc1ccccc1)NC(=O)COC(=O)c1c(Cl)cccc1Cl. The summed E-state index contributed by atoms with van der Waals surface area (Å²) in [6.45, 7) is 1.53. The largest absolute Gasteiger partial charge is 0.452 e. The van der Waals surface area contributed by atoms with Gasteiger partial charge in [-0.15, -0.1) is 0 Å². The van der Waals surface area contributed by atoms with E-state index in [1.54, 1.807) is 6.07 Å². The lowest BCUT2D eigenvalue weighted by Crippen LogP contribution is -2.36. The molecule has 0 saturated heterocycles. The smallest absolute Gasteiger partial charge is 0.341 e. The van der Waals surface area contributed by atoms with E-state index in [1.165, 1.54) is 17.7 Å². The second kappa shape index (κ2) is 9.44. The van der Waals surface area contributed by atoms with Crippen LogP contribution in [0.15, 0.2) is 48.5 Å². The van der Waals surface area contributed by atoms with Gasteiger partial charge in [-0.2, -0.15) is 0 Å². The van der Waals surface area contributed by atoms with Crippen molar-refractivity contribution in [3.8, 4) is 0 Å². The highest BCUT2D eigenvalue weighted by Crippen LogP contribution is 2.24. The number of carbonyl (C=O) groups is 2. The summed E-state index contributed by atoms with van der Waals surface area (Å²) in [5, 5.41) is 3.18. The van der Waals surface area contributed by atoms with Crippen LogP contribution in [0.5, 0.6) is 0 Å². The van der Waals surface area contributed by atoms with Crippen LogP contribution in [0.1, 0.15) is 29.3 Å². The Morgan fingerprint density at radius 1 is 1.04 bits per heavy atom. The highest BCUT2D eigenvalue weighted by atomic mass is 35.5. The Labute approximate surface area is 157 Å². The molecular weight excluding hydrogens is 361 g/mol. The summed E-state index contributed by atoms with van der Waals surface area (Å²) in [7, 11) is 0. The molecule has 2 aromatic rings. The van der Waals surface area contributed by atoms with Crippen molar-refractivity contribution in [2.75, 3.05) is 6.61 Å². The van der Waals surface area contributed by atoms with E-state index in [0.29, 0.717) is 0 Å². The Kier molecular flexibility index (Phi) is 7.29. The van der Waals surface area contributed by atoms with Gasteiger partial charge in [0.15, 0.2) is 6.61 Å². The van der Waals surface area contributed by atoms with E-state index < -0.39 is 5.97 Å². The number of ether oxygens (including phenoxy) is 1. The van der Waals surface area contributed by atoms with E-state index >= 15 is 0 Å². The number of amides is 1. The number of rotatable bonds is 7. The molecule has 0 unspecified atom stereocenters. The number of aryl methyl sites for hydroxylation is 1. The summed E-state index contributed by atoms with van der Waals surface area (Å²) in [6.07, 6.45) is 1.65. The normalized spacial score (nSPS) is 11.6. The Hall–Kier alpha value is -2.04. The van der Waals surface area contributed by atoms with Gasteiger partial charge >= 0.3 is 5.97 Å². The van der Waals surface area contributed by atoms with Crippen molar-refractivity contribution in [3.63, 3.8) is 0 Å². The summed E-state index contributed by atoms with van der Waals surface area (Å²) in [5.41, 5.74) is 1.28. The Balaban J connectivity index is 1.77. The van der Waals surface area contributed by atoms with Gasteiger partial charge in [-0.25, -0.2) is 4.79 Å². The lowest BCUT2D eigenvalue weighted by atomic mass is 10.1. The average molecular weight is 380 g/mol. The maximum Gasteiger partial charge on any atom is 0.341 e. The topological polar surface area (TPSA) is 55.4 Å². The molecule has 1 atom stereocenters. The molecule has 0 spiro atoms. The second-order valence-electron chi connectivity index (χ2n) is 5.67. The number of hydrogen-bond donors (Lipinski definition) is 1. The van der Waals surface area contributed by atoms with Crippen LogP contribution in [0.4, 0.5) is 0 Å². The van der Waals surface area contributed by atoms with Crippen molar-refractivity contribution < 1.29 is 14.3 Å². The van der Waals surface area contributed by atoms with Gasteiger partial charge in [-0.3, -0.25) is 4.79 Å². The fraction of sp³-hybridized carbons (Fsp3) is 0.263. The number of esters is 1. The van der Waals surface area contributed by atoms with Gasteiger partial charge in [-0.1, -0.05) is 59.6 Å². The number of halogens is 2. The van der Waals surface area contributed by atoms with E-state index in [-0.39, 0.29) is 34.2 Å². The lowest BCUT2D eigenvalue weighted by molar-refractivity contribution is -0.124. The first-order valence-electron chi connectivity index (χ1n) is 7.92. The summed E-state index contributed by atoms with van der Waals surface area (Å²) < 4.78 is 5.00. The van der Waals surface area contributed by atoms with Gasteiger partial charge in [0.05, 0.1) is 15.6 Å². The maximum atomic E-state index is 12.0. The van der Waals surface area contributed by atoms with E-state index in [9.17, 15) is 9.59 Å². The van der Waals surface area contributed by atoms with Gasteiger partial charge in [0, 0.05) is 6.04 Å². The van der Waals surface area contributed by atoms with Gasteiger partial charge < -0.3 is 10.1 Å². The molecule has 0 aliphatic heterocycles. The average Bonchev–Trinajstić information content (AvgIpc) is 2.59. The summed E-state index contributed by atoms with van der Waals surface area (Å²) in [4.78, 5) is 23.9. The first-order chi connectivity index (χ1) is 12.0. The van der Waals surface area contributed by atoms with E-state index in [4.69, 9.17) is 27.9 Å². The lowest BCUT2D eigenvalue weighted by Gasteiger charge is -2.14. The van der Waals surface area contributed by atoms with Gasteiger partial charge in [-0.05, 0) is 37.5 Å². The second-order valence-corrected chi connectivity index (χ2v) is 6.48. The van der Waals surface area contributed by atoms with E-state index in [0.717, 1.165) is 12.8 Å². The van der Waals surface area contributed by atoms with Crippen LogP contribution in [-0.4, -0.2) is 24.5 Å². The highest BCUT2D eigenvalue weighted by Gasteiger charge is 2.17. The first kappa shape index (κ1) is 19.3. The van der Waals surface area contributed by atoms with Crippen molar-refractivity contribution in [1.29, 1.82) is 0 Å². The zero-order valence-corrected chi connectivity index (χ0v) is 15.3. The molecule has 0 aromatic heterocycles. The van der Waals surface area contributed by atoms with Gasteiger partial charge in [0.1, 0.15) is 0 Å². The third-order valence-corrected chi connectivity index (χ3v) is 4.25. The van der Waals surface area contributed by atoms with Crippen molar-refractivity contribution >= 4 is 35.1 Å². The molecule has 4 nitrogen and oxygen atoms in total. The minimum absolute atomic E-state index is 0.0321. The number of hydrogen-bond acceptors (Lipinski definition) is 3. The van der Waals surface area contributed by atoms with Crippen LogP contribution in [0.3, 0.4) is 0 Å². The van der Waals surface area contributed by atoms with E-state index in [1.807, 2.05) is 37.3 Å². The summed E-state index contributed by atoms with van der Waals surface area (Å²) in [5.74, 6) is -1.08. The molecule has 2 aromatic carbocycles. The predicted molar refractivity (Wildman–Crippen MR) is 99.1 cm³/mol. The molecule has 132 valence electrons. The van der Waals surface area contributed by atoms with Crippen LogP contribution >= 0.6 is 23.2 Å². The van der Waals surface area contributed by atoms with Gasteiger partial charge in [0.25, 0.3) is 5.91 Å². The fourth-order valence-corrected chi connectivity index (χ4v) is 2.86. The number of nitrogens with one attached hydrogen (secondary N) is 1. The molecule has 0 fully saturated rings. The third kappa shape index (κ3) is 6.07. The van der Waals surface area contributed by atoms with Gasteiger partial charge in [0.2, 0.25) is 0 Å². The molecule has 25 heavy (non-hydrogen) atoms. The summed E-state index contributed by atoms with van der Waals surface area (Å²) >= 11 is 11.9. The molecule has 0 aliphatic carbocycles. The molecule has 0 aliphatic rings. The fourth-order valence-electron chi connectivity index (χ4n) is 2.31. The molecule has 0 saturated carbocycles. The van der Waals surface area contributed by atoms with Crippen LogP contribution in [0.25, 0.3) is 0 Å². The summed E-state index contributed by atoms with van der Waals surface area (Å²) in [6, 6.07) is 14.7. The molecular formula is C19H19Cl2NO3. The van der Waals surface area contributed by atoms with Crippen molar-refractivity contribution in [3.05, 3.63) is 69.7 Å². The predicted octanol–water partition coefficient (Wildman–Crippen LogP) is 4.29. The molecule has 0 heterocycles. The van der Waals surface area contributed by atoms with Crippen LogP contribution in [0.2, 0.25) is 10.0 Å². The number of benzene rings is 2. The van der Waals surface area contributed by atoms with Crippen molar-refractivity contribution in [2.45, 2.75) is 25.8 Å². The molecule has 0 radical (unpaired) electrons. The van der Waals surface area contributed by atoms with Crippen LogP contribution in [-0.2, 0) is 16.0 Å². The molecule has 0 bridgehead atoms. The number of carbonyl (C=O) groups excluding carboxylic acids is 2. The zero-order chi connectivity index (χ0) is 18.2.